The van der Waals surface area contributed by atoms with Gasteiger partial charge in [-0.2, -0.15) is 0 Å². The van der Waals surface area contributed by atoms with Gasteiger partial charge >= 0.3 is 11.9 Å². The maximum atomic E-state index is 12.3. The molecule has 0 heterocycles. The van der Waals surface area contributed by atoms with Crippen LogP contribution in [0.15, 0.2) is 42.5 Å². The predicted octanol–water partition coefficient (Wildman–Crippen LogP) is 2.50. The molecule has 0 saturated carbocycles. The van der Waals surface area contributed by atoms with Crippen LogP contribution >= 0.6 is 0 Å². The Bertz CT molecular complexity index is 850. The highest BCUT2D eigenvalue weighted by Crippen LogP contribution is 2.15. The highest BCUT2D eigenvalue weighted by molar-refractivity contribution is 5.98. The molecule has 0 aliphatic rings. The minimum Gasteiger partial charge on any atom is -0.480 e. The second-order valence-corrected chi connectivity index (χ2v) is 7.18. The van der Waals surface area contributed by atoms with Gasteiger partial charge in [-0.05, 0) is 41.7 Å². The van der Waals surface area contributed by atoms with Crippen molar-refractivity contribution in [2.45, 2.75) is 38.8 Å². The summed E-state index contributed by atoms with van der Waals surface area (Å²) in [6.07, 6.45) is 0.402. The molecule has 4 N–H and O–H groups in total. The van der Waals surface area contributed by atoms with E-state index in [1.54, 1.807) is 12.1 Å². The maximum Gasteiger partial charge on any atom is 0.320 e. The standard InChI is InChI=1S/C21H26N2O5/c1-13(2)11-18(21(27)28)23-17(20(25)26)9-10-22-19(24)16-8-7-14-5-3-4-6-15(14)12-16/h3-8,12-13,17-18,23H,9-11H2,1-2H3,(H,22,24)(H,25,26)(H,27,28)/t17-,18-/m0/s1. The highest BCUT2D eigenvalue weighted by Gasteiger charge is 2.26. The number of carbonyl (C=O) groups excluding carboxylic acids is 1. The van der Waals surface area contributed by atoms with Crippen LogP contribution in [0.2, 0.25) is 0 Å². The molecule has 0 aliphatic heterocycles. The molecule has 28 heavy (non-hydrogen) atoms. The van der Waals surface area contributed by atoms with E-state index in [0.29, 0.717) is 12.0 Å². The molecule has 2 aromatic carbocycles. The van der Waals surface area contributed by atoms with E-state index in [2.05, 4.69) is 10.6 Å². The number of carbonyl (C=O) groups is 3. The van der Waals surface area contributed by atoms with Gasteiger partial charge in [-0.15, -0.1) is 0 Å². The average Bonchev–Trinajstić information content (AvgIpc) is 2.65. The van der Waals surface area contributed by atoms with Gasteiger partial charge in [-0.25, -0.2) is 0 Å². The van der Waals surface area contributed by atoms with E-state index < -0.39 is 24.0 Å². The van der Waals surface area contributed by atoms with Crippen LogP contribution in [0.1, 0.15) is 37.0 Å². The first-order chi connectivity index (χ1) is 13.3. The summed E-state index contributed by atoms with van der Waals surface area (Å²) in [5.74, 6) is -2.42. The molecule has 0 radical (unpaired) electrons. The predicted molar refractivity (Wildman–Crippen MR) is 106 cm³/mol. The number of hydrogen-bond donors (Lipinski definition) is 4. The van der Waals surface area contributed by atoms with Crippen LogP contribution in [0.4, 0.5) is 0 Å². The Morgan fingerprint density at radius 3 is 2.18 bits per heavy atom. The number of nitrogens with one attached hydrogen (secondary N) is 2. The molecule has 0 spiro atoms. The van der Waals surface area contributed by atoms with Crippen molar-refractivity contribution in [3.05, 3.63) is 48.0 Å². The van der Waals surface area contributed by atoms with E-state index in [-0.39, 0.29) is 24.8 Å². The number of fused-ring (bicyclic) bond motifs is 1. The lowest BCUT2D eigenvalue weighted by molar-refractivity contribution is -0.143. The average molecular weight is 386 g/mol. The fourth-order valence-electron chi connectivity index (χ4n) is 3.00. The Labute approximate surface area is 163 Å². The van der Waals surface area contributed by atoms with E-state index in [4.69, 9.17) is 0 Å². The lowest BCUT2D eigenvalue weighted by Gasteiger charge is -2.21. The third-order valence-corrected chi connectivity index (χ3v) is 4.44. The summed E-state index contributed by atoms with van der Waals surface area (Å²) >= 11 is 0. The Hall–Kier alpha value is -2.93. The summed E-state index contributed by atoms with van der Waals surface area (Å²) in [6.45, 7) is 3.86. The van der Waals surface area contributed by atoms with Crippen LogP contribution in [0.5, 0.6) is 0 Å². The van der Waals surface area contributed by atoms with Crippen LogP contribution < -0.4 is 10.6 Å². The SMILES string of the molecule is CC(C)C[C@H](N[C@@H](CCNC(=O)c1ccc2ccccc2c1)C(=O)O)C(=O)O. The zero-order valence-electron chi connectivity index (χ0n) is 16.0. The van der Waals surface area contributed by atoms with Crippen LogP contribution in [0.25, 0.3) is 10.8 Å². The fourth-order valence-corrected chi connectivity index (χ4v) is 3.00. The van der Waals surface area contributed by atoms with Gasteiger partial charge in [0.25, 0.3) is 5.91 Å². The van der Waals surface area contributed by atoms with E-state index >= 15 is 0 Å². The quantitative estimate of drug-likeness (QED) is 0.499. The third kappa shape index (κ3) is 6.06. The number of carboxylic acid groups (broad SMARTS) is 2. The lowest BCUT2D eigenvalue weighted by Crippen LogP contribution is -2.49. The van der Waals surface area contributed by atoms with Crippen molar-refractivity contribution in [1.29, 1.82) is 0 Å². The molecule has 0 aliphatic carbocycles. The van der Waals surface area contributed by atoms with Gasteiger partial charge in [0, 0.05) is 12.1 Å². The monoisotopic (exact) mass is 386 g/mol. The van der Waals surface area contributed by atoms with E-state index in [9.17, 15) is 24.6 Å². The van der Waals surface area contributed by atoms with Crippen molar-refractivity contribution in [3.8, 4) is 0 Å². The molecule has 150 valence electrons. The minimum absolute atomic E-state index is 0.0799. The number of amides is 1. The van der Waals surface area contributed by atoms with E-state index in [0.717, 1.165) is 10.8 Å². The van der Waals surface area contributed by atoms with Crippen molar-refractivity contribution >= 4 is 28.6 Å². The summed E-state index contributed by atoms with van der Waals surface area (Å²) in [5, 5.41) is 26.0. The molecule has 0 unspecified atom stereocenters. The van der Waals surface area contributed by atoms with Crippen molar-refractivity contribution in [1.82, 2.24) is 10.6 Å². The Morgan fingerprint density at radius 1 is 0.929 bits per heavy atom. The smallest absolute Gasteiger partial charge is 0.320 e. The third-order valence-electron chi connectivity index (χ3n) is 4.44. The van der Waals surface area contributed by atoms with Crippen LogP contribution in [-0.4, -0.2) is 46.7 Å². The van der Waals surface area contributed by atoms with Gasteiger partial charge in [0.05, 0.1) is 0 Å². The zero-order chi connectivity index (χ0) is 20.7. The number of hydrogen-bond acceptors (Lipinski definition) is 4. The van der Waals surface area contributed by atoms with Crippen LogP contribution in [0, 0.1) is 5.92 Å². The molecule has 0 fully saturated rings. The molecular formula is C21H26N2O5. The maximum absolute atomic E-state index is 12.3. The number of rotatable bonds is 10. The lowest BCUT2D eigenvalue weighted by atomic mass is 10.0. The van der Waals surface area contributed by atoms with Crippen molar-refractivity contribution in [2.75, 3.05) is 6.54 Å². The van der Waals surface area contributed by atoms with Gasteiger partial charge in [0.2, 0.25) is 0 Å². The second-order valence-electron chi connectivity index (χ2n) is 7.18. The van der Waals surface area contributed by atoms with Crippen molar-refractivity contribution < 1.29 is 24.6 Å². The first-order valence-corrected chi connectivity index (χ1v) is 9.26. The molecule has 0 aromatic heterocycles. The van der Waals surface area contributed by atoms with Gasteiger partial charge in [0.1, 0.15) is 12.1 Å². The first kappa shape index (κ1) is 21.4. The molecule has 2 atom stereocenters. The summed E-state index contributed by atoms with van der Waals surface area (Å²) in [4.78, 5) is 35.2. The molecular weight excluding hydrogens is 360 g/mol. The van der Waals surface area contributed by atoms with Crippen molar-refractivity contribution in [3.63, 3.8) is 0 Å². The molecule has 0 saturated heterocycles. The largest absolute Gasteiger partial charge is 0.480 e. The normalized spacial score (nSPS) is 13.2. The minimum atomic E-state index is -1.14. The topological polar surface area (TPSA) is 116 Å². The zero-order valence-corrected chi connectivity index (χ0v) is 16.0. The summed E-state index contributed by atoms with van der Waals surface area (Å²) in [7, 11) is 0. The molecule has 2 aromatic rings. The molecule has 2 rings (SSSR count). The molecule has 0 bridgehead atoms. The van der Waals surface area contributed by atoms with E-state index in [1.807, 2.05) is 44.2 Å². The summed E-state index contributed by atoms with van der Waals surface area (Å²) in [6, 6.07) is 11.0. The van der Waals surface area contributed by atoms with Crippen LogP contribution in [-0.2, 0) is 9.59 Å². The molecule has 7 nitrogen and oxygen atoms in total. The van der Waals surface area contributed by atoms with Crippen LogP contribution in [0.3, 0.4) is 0 Å². The Morgan fingerprint density at radius 2 is 1.57 bits per heavy atom. The van der Waals surface area contributed by atoms with Gasteiger partial charge in [0.15, 0.2) is 0 Å². The summed E-state index contributed by atoms with van der Waals surface area (Å²) < 4.78 is 0. The number of carboxylic acids is 2. The van der Waals surface area contributed by atoms with Gasteiger partial charge in [-0.1, -0.05) is 44.2 Å². The van der Waals surface area contributed by atoms with Gasteiger partial charge < -0.3 is 15.5 Å². The highest BCUT2D eigenvalue weighted by atomic mass is 16.4. The van der Waals surface area contributed by atoms with E-state index in [1.165, 1.54) is 0 Å². The molecule has 7 heteroatoms. The number of aliphatic carboxylic acids is 2. The fraction of sp³-hybridized carbons (Fsp3) is 0.381. The second kappa shape index (κ2) is 9.85. The van der Waals surface area contributed by atoms with Crippen molar-refractivity contribution in [2.24, 2.45) is 5.92 Å². The molecule has 1 amide bonds. The Balaban J connectivity index is 1.94. The van der Waals surface area contributed by atoms with Gasteiger partial charge in [-0.3, -0.25) is 19.7 Å². The Kier molecular flexibility index (Phi) is 7.52. The first-order valence-electron chi connectivity index (χ1n) is 9.26. The summed E-state index contributed by atoms with van der Waals surface area (Å²) in [5.41, 5.74) is 0.488. The number of benzene rings is 2.